The van der Waals surface area contributed by atoms with E-state index in [9.17, 15) is 14.4 Å². The van der Waals surface area contributed by atoms with Gasteiger partial charge in [-0.2, -0.15) is 0 Å². The highest BCUT2D eigenvalue weighted by Crippen LogP contribution is 2.23. The van der Waals surface area contributed by atoms with Crippen LogP contribution in [0.4, 0.5) is 4.79 Å². The molecule has 0 aromatic heterocycles. The van der Waals surface area contributed by atoms with Crippen LogP contribution in [0.25, 0.3) is 0 Å². The fraction of sp³-hybridized carbons (Fsp3) is 0.737. The minimum absolute atomic E-state index is 0.0758. The normalized spacial score (nSPS) is 20.0. The van der Waals surface area contributed by atoms with Crippen molar-refractivity contribution in [2.75, 3.05) is 40.3 Å². The van der Waals surface area contributed by atoms with Crippen LogP contribution in [0, 0.1) is 0 Å². The van der Waals surface area contributed by atoms with E-state index in [2.05, 4.69) is 13.8 Å². The Kier molecular flexibility index (Phi) is 9.16. The van der Waals surface area contributed by atoms with Crippen molar-refractivity contribution in [3.05, 3.63) is 11.8 Å². The van der Waals surface area contributed by atoms with Gasteiger partial charge in [-0.1, -0.05) is 20.3 Å². The zero-order valence-electron chi connectivity index (χ0n) is 16.8. The number of piperidine rings is 2. The minimum atomic E-state index is -0.292. The third kappa shape index (κ3) is 6.04. The van der Waals surface area contributed by atoms with Gasteiger partial charge in [-0.3, -0.25) is 9.59 Å². The van der Waals surface area contributed by atoms with Crippen molar-refractivity contribution in [3.8, 4) is 0 Å². The number of carbonyl (C=O) groups excluding carboxylic acids is 3. The Labute approximate surface area is 156 Å². The van der Waals surface area contributed by atoms with E-state index in [4.69, 9.17) is 4.74 Å². The van der Waals surface area contributed by atoms with Crippen LogP contribution in [0.3, 0.4) is 0 Å². The predicted molar refractivity (Wildman–Crippen MR) is 101 cm³/mol. The number of ketones is 1. The first-order chi connectivity index (χ1) is 12.3. The van der Waals surface area contributed by atoms with Crippen LogP contribution in [0.1, 0.15) is 46.5 Å². The molecule has 2 amide bonds. The molecule has 0 saturated carbocycles. The summed E-state index contributed by atoms with van der Waals surface area (Å²) < 4.78 is 5.01. The van der Waals surface area contributed by atoms with E-state index < -0.39 is 0 Å². The Morgan fingerprint density at radius 2 is 1.73 bits per heavy atom. The van der Waals surface area contributed by atoms with E-state index >= 15 is 0 Å². The van der Waals surface area contributed by atoms with Gasteiger partial charge in [-0.15, -0.1) is 0 Å². The molecule has 0 aromatic carbocycles. The Hall–Kier alpha value is -2.05. The van der Waals surface area contributed by atoms with Crippen LogP contribution in [0.15, 0.2) is 11.8 Å². The Bertz CT molecular complexity index is 523. The van der Waals surface area contributed by atoms with Crippen molar-refractivity contribution < 1.29 is 19.1 Å². The van der Waals surface area contributed by atoms with Crippen molar-refractivity contribution in [2.45, 2.75) is 52.5 Å². The first-order valence-electron chi connectivity index (χ1n) is 9.49. The van der Waals surface area contributed by atoms with Gasteiger partial charge in [-0.25, -0.2) is 4.79 Å². The molecule has 0 unspecified atom stereocenters. The van der Waals surface area contributed by atoms with Crippen LogP contribution in [0.5, 0.6) is 0 Å². The largest absolute Gasteiger partial charge is 0.450 e. The van der Waals surface area contributed by atoms with E-state index in [1.165, 1.54) is 6.42 Å². The second-order valence-corrected chi connectivity index (χ2v) is 6.80. The fourth-order valence-electron chi connectivity index (χ4n) is 3.04. The summed E-state index contributed by atoms with van der Waals surface area (Å²) in [5.41, 5.74) is 0.258. The maximum absolute atomic E-state index is 12.6. The van der Waals surface area contributed by atoms with E-state index in [1.807, 2.05) is 0 Å². The van der Waals surface area contributed by atoms with E-state index in [-0.39, 0.29) is 29.4 Å². The molecule has 2 aliphatic heterocycles. The number of hydrogen-bond acceptors (Lipinski definition) is 5. The molecule has 2 fully saturated rings. The van der Waals surface area contributed by atoms with Crippen LogP contribution in [0.2, 0.25) is 0 Å². The zero-order valence-corrected chi connectivity index (χ0v) is 16.8. The van der Waals surface area contributed by atoms with Crippen molar-refractivity contribution in [1.29, 1.82) is 0 Å². The molecule has 2 rings (SSSR count). The van der Waals surface area contributed by atoms with Crippen molar-refractivity contribution in [2.24, 2.45) is 0 Å². The molecular weight excluding hydrogens is 334 g/mol. The quantitative estimate of drug-likeness (QED) is 0.565. The first-order valence-corrected chi connectivity index (χ1v) is 9.49. The third-order valence-electron chi connectivity index (χ3n) is 4.19. The Morgan fingerprint density at radius 1 is 1.15 bits per heavy atom. The topological polar surface area (TPSA) is 70.2 Å². The molecule has 0 aromatic rings. The number of Topliss-reactive ketones (excluding diaryl/α,β-unsaturated/α-hetero) is 1. The van der Waals surface area contributed by atoms with Gasteiger partial charge in [0, 0.05) is 52.4 Å². The van der Waals surface area contributed by atoms with Crippen molar-refractivity contribution in [3.63, 3.8) is 0 Å². The molecule has 2 saturated heterocycles. The van der Waals surface area contributed by atoms with Crippen molar-refractivity contribution >= 4 is 17.8 Å². The zero-order chi connectivity index (χ0) is 19.7. The van der Waals surface area contributed by atoms with Gasteiger partial charge in [0.1, 0.15) is 0 Å². The van der Waals surface area contributed by atoms with E-state index in [0.717, 1.165) is 0 Å². The summed E-state index contributed by atoms with van der Waals surface area (Å²) in [4.78, 5) is 41.5. The van der Waals surface area contributed by atoms with Gasteiger partial charge in [0.2, 0.25) is 0 Å². The van der Waals surface area contributed by atoms with Gasteiger partial charge in [-0.05, 0) is 19.8 Å². The van der Waals surface area contributed by atoms with Gasteiger partial charge in [0.05, 0.1) is 12.2 Å². The molecular formula is C19H33N3O4. The number of carbonyl (C=O) groups is 3. The SMILES string of the molecule is CCC.CCOC(=O)N1CCC(N2CCC(=O)/C(=C\N(C)C)C2=O)CC1. The van der Waals surface area contributed by atoms with Gasteiger partial charge in [0.15, 0.2) is 5.78 Å². The monoisotopic (exact) mass is 367 g/mol. The number of hydrogen-bond donors (Lipinski definition) is 0. The number of likely N-dealkylation sites (tertiary alicyclic amines) is 2. The lowest BCUT2D eigenvalue weighted by molar-refractivity contribution is -0.136. The summed E-state index contributed by atoms with van der Waals surface area (Å²) in [5, 5.41) is 0. The lowest BCUT2D eigenvalue weighted by atomic mass is 9.96. The molecule has 7 nitrogen and oxygen atoms in total. The molecule has 0 spiro atoms. The molecule has 2 heterocycles. The van der Waals surface area contributed by atoms with Gasteiger partial charge < -0.3 is 19.4 Å². The second-order valence-electron chi connectivity index (χ2n) is 6.80. The summed E-state index contributed by atoms with van der Waals surface area (Å²) in [6.07, 6.45) is 4.36. The average molecular weight is 367 g/mol. The summed E-state index contributed by atoms with van der Waals surface area (Å²) in [6.45, 7) is 8.02. The Morgan fingerprint density at radius 3 is 2.23 bits per heavy atom. The van der Waals surface area contributed by atoms with Gasteiger partial charge >= 0.3 is 6.09 Å². The minimum Gasteiger partial charge on any atom is -0.450 e. The molecule has 7 heteroatoms. The standard InChI is InChI=1S/C16H25N3O4.C3H8/c1-4-23-16(22)18-8-5-12(6-9-18)19-10-7-14(20)13(15(19)21)11-17(2)3;1-3-2/h11-12H,4-10H2,1-3H3;3H2,1-2H3/b13-11+;. The molecule has 0 N–H and O–H groups in total. The second kappa shape index (κ2) is 10.8. The van der Waals surface area contributed by atoms with Crippen LogP contribution in [-0.4, -0.2) is 78.9 Å². The smallest absolute Gasteiger partial charge is 0.409 e. The maximum atomic E-state index is 12.6. The summed E-state index contributed by atoms with van der Waals surface area (Å²) in [6, 6.07) is 0.0758. The number of amides is 2. The highest BCUT2D eigenvalue weighted by atomic mass is 16.6. The van der Waals surface area contributed by atoms with Crippen LogP contribution < -0.4 is 0 Å². The molecule has 0 atom stereocenters. The predicted octanol–water partition coefficient (Wildman–Crippen LogP) is 2.27. The number of rotatable bonds is 3. The lowest BCUT2D eigenvalue weighted by Crippen LogP contribution is -2.52. The molecule has 0 bridgehead atoms. The molecule has 0 aliphatic carbocycles. The first kappa shape index (κ1) is 22.0. The molecule has 2 aliphatic rings. The van der Waals surface area contributed by atoms with Crippen LogP contribution in [-0.2, 0) is 14.3 Å². The van der Waals surface area contributed by atoms with Crippen LogP contribution >= 0.6 is 0 Å². The summed E-state index contributed by atoms with van der Waals surface area (Å²) in [5.74, 6) is -0.284. The Balaban J connectivity index is 0.00000105. The van der Waals surface area contributed by atoms with Gasteiger partial charge in [0.25, 0.3) is 5.91 Å². The van der Waals surface area contributed by atoms with E-state index in [0.29, 0.717) is 45.5 Å². The fourth-order valence-corrected chi connectivity index (χ4v) is 3.04. The summed E-state index contributed by atoms with van der Waals surface area (Å²) in [7, 11) is 3.59. The van der Waals surface area contributed by atoms with Crippen molar-refractivity contribution in [1.82, 2.24) is 14.7 Å². The highest BCUT2D eigenvalue weighted by molar-refractivity contribution is 6.20. The number of nitrogens with zero attached hydrogens (tertiary/aromatic N) is 3. The lowest BCUT2D eigenvalue weighted by Gasteiger charge is -2.40. The molecule has 26 heavy (non-hydrogen) atoms. The maximum Gasteiger partial charge on any atom is 0.409 e. The molecule has 0 radical (unpaired) electrons. The highest BCUT2D eigenvalue weighted by Gasteiger charge is 2.36. The third-order valence-corrected chi connectivity index (χ3v) is 4.19. The average Bonchev–Trinajstić information content (AvgIpc) is 2.59. The van der Waals surface area contributed by atoms with E-state index in [1.54, 1.807) is 41.9 Å². The number of ether oxygens (including phenoxy) is 1. The summed E-state index contributed by atoms with van der Waals surface area (Å²) >= 11 is 0. The molecule has 148 valence electrons.